The molecule has 0 atom stereocenters. The maximum Gasteiger partial charge on any atom is 0.191 e. The predicted molar refractivity (Wildman–Crippen MR) is 117 cm³/mol. The van der Waals surface area contributed by atoms with Crippen molar-refractivity contribution in [3.8, 4) is 6.07 Å². The molecule has 1 aliphatic rings. The van der Waals surface area contributed by atoms with Gasteiger partial charge in [-0.2, -0.15) is 5.26 Å². The van der Waals surface area contributed by atoms with Crippen LogP contribution in [0.4, 0.5) is 4.39 Å². The number of hydrogen-bond donors (Lipinski definition) is 2. The van der Waals surface area contributed by atoms with Crippen molar-refractivity contribution in [3.05, 3.63) is 71.0 Å². The topological polar surface area (TPSA) is 60.2 Å². The van der Waals surface area contributed by atoms with E-state index >= 15 is 0 Å². The molecular formula is C21H24FIN4. The van der Waals surface area contributed by atoms with Crippen LogP contribution in [0, 0.1) is 17.1 Å². The molecule has 0 heterocycles. The molecule has 0 saturated heterocycles. The quantitative estimate of drug-likeness (QED) is 0.374. The highest BCUT2D eigenvalue weighted by Gasteiger charge is 2.45. The summed E-state index contributed by atoms with van der Waals surface area (Å²) in [6.07, 6.45) is 1.96. The van der Waals surface area contributed by atoms with Crippen LogP contribution in [0.2, 0.25) is 0 Å². The Hall–Kier alpha value is -2.14. The van der Waals surface area contributed by atoms with Gasteiger partial charge in [-0.3, -0.25) is 0 Å². The van der Waals surface area contributed by atoms with Crippen LogP contribution in [0.3, 0.4) is 0 Å². The van der Waals surface area contributed by atoms with Gasteiger partial charge in [0.25, 0.3) is 0 Å². The molecule has 142 valence electrons. The summed E-state index contributed by atoms with van der Waals surface area (Å²) >= 11 is 0. The van der Waals surface area contributed by atoms with Crippen LogP contribution in [0.5, 0.6) is 0 Å². The number of nitriles is 1. The van der Waals surface area contributed by atoms with E-state index in [4.69, 9.17) is 5.26 Å². The van der Waals surface area contributed by atoms with Crippen LogP contribution in [-0.4, -0.2) is 19.0 Å². The summed E-state index contributed by atoms with van der Waals surface area (Å²) in [6.45, 7) is 3.95. The van der Waals surface area contributed by atoms with E-state index in [9.17, 15) is 4.39 Å². The van der Waals surface area contributed by atoms with Gasteiger partial charge < -0.3 is 10.6 Å². The second-order valence-electron chi connectivity index (χ2n) is 6.62. The minimum Gasteiger partial charge on any atom is -0.357 e. The molecule has 1 fully saturated rings. The Labute approximate surface area is 176 Å². The number of halogens is 2. The molecule has 0 aliphatic heterocycles. The highest BCUT2D eigenvalue weighted by molar-refractivity contribution is 14.0. The summed E-state index contributed by atoms with van der Waals surface area (Å²) in [5.74, 6) is 0.589. The van der Waals surface area contributed by atoms with E-state index in [0.29, 0.717) is 18.7 Å². The first-order chi connectivity index (χ1) is 12.7. The van der Waals surface area contributed by atoms with Crippen LogP contribution in [0.1, 0.15) is 36.5 Å². The Bertz CT molecular complexity index is 823. The Morgan fingerprint density at radius 2 is 1.85 bits per heavy atom. The van der Waals surface area contributed by atoms with E-state index in [0.717, 1.165) is 36.5 Å². The summed E-state index contributed by atoms with van der Waals surface area (Å²) < 4.78 is 14.1. The lowest BCUT2D eigenvalue weighted by Gasteiger charge is -2.19. The second-order valence-corrected chi connectivity index (χ2v) is 6.62. The van der Waals surface area contributed by atoms with E-state index in [1.807, 2.05) is 31.2 Å². The van der Waals surface area contributed by atoms with Gasteiger partial charge in [0.1, 0.15) is 5.82 Å². The molecular weight excluding hydrogens is 454 g/mol. The van der Waals surface area contributed by atoms with Crippen molar-refractivity contribution < 1.29 is 4.39 Å². The number of hydrogen-bond acceptors (Lipinski definition) is 2. The number of aliphatic imine (C=N–C) groups is 1. The third kappa shape index (κ3) is 5.42. The van der Waals surface area contributed by atoms with Crippen molar-refractivity contribution in [1.29, 1.82) is 5.26 Å². The number of nitrogens with zero attached hydrogens (tertiary/aromatic N) is 2. The largest absolute Gasteiger partial charge is 0.357 e. The maximum absolute atomic E-state index is 14.1. The van der Waals surface area contributed by atoms with Crippen molar-refractivity contribution in [2.75, 3.05) is 13.1 Å². The van der Waals surface area contributed by atoms with E-state index in [1.165, 1.54) is 6.07 Å². The summed E-state index contributed by atoms with van der Waals surface area (Å²) in [6, 6.07) is 16.5. The van der Waals surface area contributed by atoms with Crippen molar-refractivity contribution in [2.24, 2.45) is 4.99 Å². The van der Waals surface area contributed by atoms with Crippen LogP contribution in [0.15, 0.2) is 53.5 Å². The van der Waals surface area contributed by atoms with Crippen molar-refractivity contribution in [2.45, 2.75) is 31.7 Å². The average Bonchev–Trinajstić information content (AvgIpc) is 3.46. The second kappa shape index (κ2) is 9.70. The first-order valence-electron chi connectivity index (χ1n) is 8.93. The molecule has 3 rings (SSSR count). The van der Waals surface area contributed by atoms with Gasteiger partial charge in [-0.05, 0) is 49.1 Å². The first-order valence-corrected chi connectivity index (χ1v) is 8.93. The SMILES string of the molecule is CCNC(=NCc1ccc(C#N)cc1)NCC1(c2ccccc2F)CC1.I. The fourth-order valence-corrected chi connectivity index (χ4v) is 3.03. The minimum atomic E-state index is -0.133. The summed E-state index contributed by atoms with van der Waals surface area (Å²) in [5, 5.41) is 15.5. The Kier molecular flexibility index (Phi) is 7.60. The molecule has 6 heteroatoms. The van der Waals surface area contributed by atoms with E-state index in [-0.39, 0.29) is 35.2 Å². The van der Waals surface area contributed by atoms with Crippen LogP contribution < -0.4 is 10.6 Å². The van der Waals surface area contributed by atoms with E-state index in [2.05, 4.69) is 21.7 Å². The predicted octanol–water partition coefficient (Wildman–Crippen LogP) is 4.10. The Morgan fingerprint density at radius 1 is 1.15 bits per heavy atom. The fraction of sp³-hybridized carbons (Fsp3) is 0.333. The lowest BCUT2D eigenvalue weighted by atomic mass is 9.95. The smallest absolute Gasteiger partial charge is 0.191 e. The van der Waals surface area contributed by atoms with Gasteiger partial charge in [0.05, 0.1) is 18.2 Å². The molecule has 2 N–H and O–H groups in total. The average molecular weight is 478 g/mol. The Morgan fingerprint density at radius 3 is 2.44 bits per heavy atom. The van der Waals surface area contributed by atoms with Gasteiger partial charge in [-0.1, -0.05) is 30.3 Å². The van der Waals surface area contributed by atoms with Gasteiger partial charge in [-0.25, -0.2) is 9.38 Å². The van der Waals surface area contributed by atoms with Crippen LogP contribution in [-0.2, 0) is 12.0 Å². The zero-order valence-corrected chi connectivity index (χ0v) is 17.7. The summed E-state index contributed by atoms with van der Waals surface area (Å²) in [7, 11) is 0. The maximum atomic E-state index is 14.1. The normalized spacial score (nSPS) is 14.6. The zero-order valence-electron chi connectivity index (χ0n) is 15.3. The molecule has 2 aromatic rings. The molecule has 0 aromatic heterocycles. The summed E-state index contributed by atoms with van der Waals surface area (Å²) in [5.41, 5.74) is 2.34. The van der Waals surface area contributed by atoms with Crippen LogP contribution in [0.25, 0.3) is 0 Å². The molecule has 1 saturated carbocycles. The standard InChI is InChI=1S/C21H23FN4.HI/c1-2-24-20(25-14-17-9-7-16(13-23)8-10-17)26-15-21(11-12-21)18-5-3-4-6-19(18)22;/h3-10H,2,11-12,14-15H2,1H3,(H2,24,25,26);1H. The molecule has 0 amide bonds. The molecule has 0 unspecified atom stereocenters. The molecule has 0 radical (unpaired) electrons. The van der Waals surface area contributed by atoms with Crippen LogP contribution >= 0.6 is 24.0 Å². The van der Waals surface area contributed by atoms with Gasteiger partial charge in [0, 0.05) is 18.5 Å². The van der Waals surface area contributed by atoms with E-state index < -0.39 is 0 Å². The van der Waals surface area contributed by atoms with Gasteiger partial charge in [0.15, 0.2) is 5.96 Å². The van der Waals surface area contributed by atoms with Gasteiger partial charge in [0.2, 0.25) is 0 Å². The fourth-order valence-electron chi connectivity index (χ4n) is 3.03. The van der Waals surface area contributed by atoms with Gasteiger partial charge in [-0.15, -0.1) is 24.0 Å². The summed E-state index contributed by atoms with van der Waals surface area (Å²) in [4.78, 5) is 4.60. The first kappa shape index (κ1) is 21.2. The lowest BCUT2D eigenvalue weighted by Crippen LogP contribution is -2.41. The molecule has 1 aliphatic carbocycles. The molecule has 2 aromatic carbocycles. The minimum absolute atomic E-state index is 0. The van der Waals surface area contributed by atoms with Gasteiger partial charge >= 0.3 is 0 Å². The van der Waals surface area contributed by atoms with Crippen molar-refractivity contribution in [3.63, 3.8) is 0 Å². The highest BCUT2D eigenvalue weighted by atomic mass is 127. The zero-order chi connectivity index (χ0) is 18.4. The molecule has 0 spiro atoms. The van der Waals surface area contributed by atoms with Crippen molar-refractivity contribution in [1.82, 2.24) is 10.6 Å². The highest BCUT2D eigenvalue weighted by Crippen LogP contribution is 2.48. The van der Waals surface area contributed by atoms with E-state index in [1.54, 1.807) is 18.2 Å². The molecule has 27 heavy (non-hydrogen) atoms. The number of guanidine groups is 1. The number of rotatable bonds is 6. The number of nitrogens with one attached hydrogen (secondary N) is 2. The third-order valence-electron chi connectivity index (χ3n) is 4.74. The third-order valence-corrected chi connectivity index (χ3v) is 4.74. The molecule has 4 nitrogen and oxygen atoms in total. The Balaban J connectivity index is 0.00000261. The lowest BCUT2D eigenvalue weighted by molar-refractivity contribution is 0.559. The molecule has 0 bridgehead atoms. The number of benzene rings is 2. The van der Waals surface area contributed by atoms with Crippen molar-refractivity contribution >= 4 is 29.9 Å². The monoisotopic (exact) mass is 478 g/mol.